The average Bonchev–Trinajstić information content (AvgIpc) is 2.29. The van der Waals surface area contributed by atoms with Crippen LogP contribution in [-0.4, -0.2) is 5.91 Å². The van der Waals surface area contributed by atoms with E-state index in [2.05, 4.69) is 0 Å². The molecular formula is C13H9F2NO. The van der Waals surface area contributed by atoms with Crippen molar-refractivity contribution in [2.75, 3.05) is 0 Å². The molecule has 2 nitrogen and oxygen atoms in total. The fraction of sp³-hybridized carbons (Fsp3) is 0. The first-order valence-electron chi connectivity index (χ1n) is 4.94. The van der Waals surface area contributed by atoms with Gasteiger partial charge >= 0.3 is 0 Å². The van der Waals surface area contributed by atoms with Crippen LogP contribution in [0.1, 0.15) is 10.4 Å². The molecule has 0 aliphatic carbocycles. The maximum absolute atomic E-state index is 13.6. The van der Waals surface area contributed by atoms with Gasteiger partial charge in [0.25, 0.3) is 0 Å². The fourth-order valence-electron chi connectivity index (χ4n) is 1.64. The lowest BCUT2D eigenvalue weighted by Crippen LogP contribution is -2.12. The Morgan fingerprint density at radius 1 is 1.00 bits per heavy atom. The molecule has 0 spiro atoms. The van der Waals surface area contributed by atoms with Crippen LogP contribution in [0.5, 0.6) is 0 Å². The summed E-state index contributed by atoms with van der Waals surface area (Å²) in [6, 6.07) is 9.54. The molecule has 4 heteroatoms. The Balaban J connectivity index is 2.64. The highest BCUT2D eigenvalue weighted by molar-refractivity contribution is 5.99. The Kier molecular flexibility index (Phi) is 2.87. The SMILES string of the molecule is NC(=O)c1ccccc1-c1ccc(F)cc1F. The van der Waals surface area contributed by atoms with Gasteiger partial charge in [0, 0.05) is 17.2 Å². The van der Waals surface area contributed by atoms with E-state index in [1.165, 1.54) is 12.1 Å². The molecule has 1 amide bonds. The number of halogens is 2. The molecule has 0 saturated carbocycles. The first-order valence-corrected chi connectivity index (χ1v) is 4.94. The van der Waals surface area contributed by atoms with Crippen LogP contribution >= 0.6 is 0 Å². The number of primary amides is 1. The van der Waals surface area contributed by atoms with Crippen LogP contribution in [0.15, 0.2) is 42.5 Å². The predicted molar refractivity (Wildman–Crippen MR) is 60.3 cm³/mol. The largest absolute Gasteiger partial charge is 0.366 e. The van der Waals surface area contributed by atoms with Crippen molar-refractivity contribution in [1.82, 2.24) is 0 Å². The molecule has 0 unspecified atom stereocenters. The van der Waals surface area contributed by atoms with E-state index >= 15 is 0 Å². The van der Waals surface area contributed by atoms with E-state index < -0.39 is 17.5 Å². The number of carbonyl (C=O) groups excluding carboxylic acids is 1. The summed E-state index contributed by atoms with van der Waals surface area (Å²) >= 11 is 0. The third-order valence-corrected chi connectivity index (χ3v) is 2.41. The van der Waals surface area contributed by atoms with Crippen molar-refractivity contribution in [3.05, 3.63) is 59.7 Å². The summed E-state index contributed by atoms with van der Waals surface area (Å²) < 4.78 is 26.4. The van der Waals surface area contributed by atoms with Gasteiger partial charge in [0.15, 0.2) is 0 Å². The van der Waals surface area contributed by atoms with Crippen LogP contribution in [0.4, 0.5) is 8.78 Å². The van der Waals surface area contributed by atoms with Crippen LogP contribution in [0, 0.1) is 11.6 Å². The number of rotatable bonds is 2. The third kappa shape index (κ3) is 2.15. The molecular weight excluding hydrogens is 224 g/mol. The molecule has 2 rings (SSSR count). The lowest BCUT2D eigenvalue weighted by Gasteiger charge is -2.07. The molecule has 0 heterocycles. The highest BCUT2D eigenvalue weighted by Crippen LogP contribution is 2.26. The maximum atomic E-state index is 13.6. The molecule has 2 N–H and O–H groups in total. The van der Waals surface area contributed by atoms with Gasteiger partial charge in [0.1, 0.15) is 11.6 Å². The van der Waals surface area contributed by atoms with E-state index in [4.69, 9.17) is 5.73 Å². The lowest BCUT2D eigenvalue weighted by molar-refractivity contribution is 0.100. The smallest absolute Gasteiger partial charge is 0.249 e. The molecule has 0 fully saturated rings. The zero-order valence-electron chi connectivity index (χ0n) is 8.78. The van der Waals surface area contributed by atoms with Gasteiger partial charge in [0.2, 0.25) is 5.91 Å². The number of carbonyl (C=O) groups is 1. The van der Waals surface area contributed by atoms with Crippen molar-refractivity contribution >= 4 is 5.91 Å². The minimum Gasteiger partial charge on any atom is -0.366 e. The monoisotopic (exact) mass is 233 g/mol. The van der Waals surface area contributed by atoms with Gasteiger partial charge in [0.05, 0.1) is 0 Å². The summed E-state index contributed by atoms with van der Waals surface area (Å²) in [7, 11) is 0. The van der Waals surface area contributed by atoms with Gasteiger partial charge < -0.3 is 5.73 Å². The highest BCUT2D eigenvalue weighted by atomic mass is 19.1. The zero-order valence-corrected chi connectivity index (χ0v) is 8.78. The summed E-state index contributed by atoms with van der Waals surface area (Å²) in [5.41, 5.74) is 5.92. The molecule has 17 heavy (non-hydrogen) atoms. The lowest BCUT2D eigenvalue weighted by atomic mass is 9.99. The Hall–Kier alpha value is -2.23. The maximum Gasteiger partial charge on any atom is 0.249 e. The van der Waals surface area contributed by atoms with Gasteiger partial charge in [-0.3, -0.25) is 4.79 Å². The topological polar surface area (TPSA) is 43.1 Å². The van der Waals surface area contributed by atoms with E-state index in [0.29, 0.717) is 5.56 Å². The molecule has 0 saturated heterocycles. The van der Waals surface area contributed by atoms with Gasteiger partial charge in [-0.05, 0) is 23.8 Å². The minimum atomic E-state index is -0.723. The Morgan fingerprint density at radius 3 is 2.35 bits per heavy atom. The van der Waals surface area contributed by atoms with Gasteiger partial charge in [-0.2, -0.15) is 0 Å². The summed E-state index contributed by atoms with van der Waals surface area (Å²) in [5, 5.41) is 0. The van der Waals surface area contributed by atoms with Crippen LogP contribution in [0.25, 0.3) is 11.1 Å². The zero-order chi connectivity index (χ0) is 12.4. The van der Waals surface area contributed by atoms with Crippen molar-refractivity contribution in [2.45, 2.75) is 0 Å². The Labute approximate surface area is 96.7 Å². The highest BCUT2D eigenvalue weighted by Gasteiger charge is 2.13. The molecule has 0 aromatic heterocycles. The molecule has 0 atom stereocenters. The van der Waals surface area contributed by atoms with E-state index in [0.717, 1.165) is 12.1 Å². The van der Waals surface area contributed by atoms with E-state index in [-0.39, 0.29) is 11.1 Å². The van der Waals surface area contributed by atoms with Crippen molar-refractivity contribution in [3.8, 4) is 11.1 Å². The third-order valence-electron chi connectivity index (χ3n) is 2.41. The fourth-order valence-corrected chi connectivity index (χ4v) is 1.64. The molecule has 0 bridgehead atoms. The van der Waals surface area contributed by atoms with E-state index in [9.17, 15) is 13.6 Å². The molecule has 2 aromatic carbocycles. The molecule has 86 valence electrons. The first kappa shape index (κ1) is 11.3. The Morgan fingerprint density at radius 2 is 1.71 bits per heavy atom. The number of nitrogens with two attached hydrogens (primary N) is 1. The minimum absolute atomic E-state index is 0.154. The molecule has 0 radical (unpaired) electrons. The molecule has 2 aromatic rings. The van der Waals surface area contributed by atoms with Crippen LogP contribution < -0.4 is 5.73 Å². The van der Waals surface area contributed by atoms with Crippen LogP contribution in [-0.2, 0) is 0 Å². The first-order chi connectivity index (χ1) is 8.09. The number of hydrogen-bond donors (Lipinski definition) is 1. The van der Waals surface area contributed by atoms with Crippen LogP contribution in [0.2, 0.25) is 0 Å². The second-order valence-corrected chi connectivity index (χ2v) is 3.53. The summed E-state index contributed by atoms with van der Waals surface area (Å²) in [4.78, 5) is 11.2. The molecule has 0 aliphatic heterocycles. The Bertz CT molecular complexity index is 581. The summed E-state index contributed by atoms with van der Waals surface area (Å²) in [6.45, 7) is 0. The van der Waals surface area contributed by atoms with Crippen molar-refractivity contribution in [3.63, 3.8) is 0 Å². The van der Waals surface area contributed by atoms with Gasteiger partial charge in [-0.15, -0.1) is 0 Å². The molecule has 0 aliphatic rings. The van der Waals surface area contributed by atoms with E-state index in [1.54, 1.807) is 18.2 Å². The van der Waals surface area contributed by atoms with Crippen molar-refractivity contribution in [2.24, 2.45) is 5.73 Å². The quantitative estimate of drug-likeness (QED) is 0.851. The number of benzene rings is 2. The van der Waals surface area contributed by atoms with Crippen molar-refractivity contribution in [1.29, 1.82) is 0 Å². The number of amides is 1. The van der Waals surface area contributed by atoms with Gasteiger partial charge in [-0.1, -0.05) is 18.2 Å². The summed E-state index contributed by atoms with van der Waals surface area (Å²) in [6.07, 6.45) is 0. The number of hydrogen-bond acceptors (Lipinski definition) is 1. The van der Waals surface area contributed by atoms with Crippen LogP contribution in [0.3, 0.4) is 0 Å². The average molecular weight is 233 g/mol. The van der Waals surface area contributed by atoms with Gasteiger partial charge in [-0.25, -0.2) is 8.78 Å². The summed E-state index contributed by atoms with van der Waals surface area (Å²) in [5.74, 6) is -2.04. The predicted octanol–water partition coefficient (Wildman–Crippen LogP) is 2.73. The second-order valence-electron chi connectivity index (χ2n) is 3.53. The second kappa shape index (κ2) is 4.33. The normalized spacial score (nSPS) is 10.2. The van der Waals surface area contributed by atoms with E-state index in [1.807, 2.05) is 0 Å². The van der Waals surface area contributed by atoms with Crippen molar-refractivity contribution < 1.29 is 13.6 Å². The standard InChI is InChI=1S/C13H9F2NO/c14-8-5-6-10(12(15)7-8)9-3-1-2-4-11(9)13(16)17/h1-7H,(H2,16,17).